The largest absolute Gasteiger partial charge is 0.361 e. The summed E-state index contributed by atoms with van der Waals surface area (Å²) in [6, 6.07) is 1.53. The van der Waals surface area contributed by atoms with Gasteiger partial charge in [-0.1, -0.05) is 5.16 Å². The topological polar surface area (TPSA) is 81.2 Å². The fourth-order valence-electron chi connectivity index (χ4n) is 0.830. The Morgan fingerprint density at radius 3 is 3.00 bits per heavy atom. The molecule has 1 amide bonds. The molecule has 5 heteroatoms. The molecular weight excluding hydrogens is 170 g/mol. The minimum atomic E-state index is -0.255. The van der Waals surface area contributed by atoms with Gasteiger partial charge >= 0.3 is 0 Å². The van der Waals surface area contributed by atoms with Crippen molar-refractivity contribution < 1.29 is 9.32 Å². The van der Waals surface area contributed by atoms with Gasteiger partial charge in [0.05, 0.1) is 0 Å². The second kappa shape index (κ2) is 4.04. The van der Waals surface area contributed by atoms with E-state index in [9.17, 15) is 4.79 Å². The van der Waals surface area contributed by atoms with Crippen molar-refractivity contribution in [3.05, 3.63) is 17.5 Å². The number of rotatable bonds is 3. The van der Waals surface area contributed by atoms with E-state index in [2.05, 4.69) is 10.5 Å². The van der Waals surface area contributed by atoms with Crippen LogP contribution >= 0.6 is 0 Å². The lowest BCUT2D eigenvalue weighted by Gasteiger charge is -2.08. The van der Waals surface area contributed by atoms with Crippen LogP contribution in [0.4, 0.5) is 0 Å². The Bertz CT molecular complexity index is 295. The summed E-state index contributed by atoms with van der Waals surface area (Å²) in [5.41, 5.74) is 5.63. The number of hydrogen-bond acceptors (Lipinski definition) is 4. The van der Waals surface area contributed by atoms with Crippen LogP contribution in [0, 0.1) is 6.92 Å². The van der Waals surface area contributed by atoms with Gasteiger partial charge in [-0.3, -0.25) is 4.79 Å². The molecule has 0 aliphatic rings. The second-order valence-corrected chi connectivity index (χ2v) is 2.93. The summed E-state index contributed by atoms with van der Waals surface area (Å²) in [5, 5.41) is 6.25. The molecule has 0 unspecified atom stereocenters. The fraction of sp³-hybridized carbons (Fsp3) is 0.500. The van der Waals surface area contributed by atoms with Gasteiger partial charge in [0.15, 0.2) is 5.69 Å². The zero-order valence-corrected chi connectivity index (χ0v) is 7.70. The molecule has 1 heterocycles. The van der Waals surface area contributed by atoms with Crippen LogP contribution in [0.15, 0.2) is 10.6 Å². The van der Waals surface area contributed by atoms with Gasteiger partial charge in [0.2, 0.25) is 0 Å². The molecule has 0 radical (unpaired) electrons. The van der Waals surface area contributed by atoms with E-state index < -0.39 is 0 Å². The molecular formula is C8H13N3O2. The Balaban J connectivity index is 2.58. The van der Waals surface area contributed by atoms with Crippen molar-refractivity contribution in [3.8, 4) is 0 Å². The van der Waals surface area contributed by atoms with E-state index in [0.717, 1.165) is 0 Å². The maximum Gasteiger partial charge on any atom is 0.273 e. The van der Waals surface area contributed by atoms with Crippen LogP contribution in [0.5, 0.6) is 0 Å². The smallest absolute Gasteiger partial charge is 0.273 e. The number of aromatic nitrogens is 1. The number of nitrogens with two attached hydrogens (primary N) is 1. The number of carbonyl (C=O) groups excluding carboxylic acids is 1. The fourth-order valence-corrected chi connectivity index (χ4v) is 0.830. The highest BCUT2D eigenvalue weighted by atomic mass is 16.5. The van der Waals surface area contributed by atoms with Crippen LogP contribution in [0.1, 0.15) is 23.2 Å². The molecule has 13 heavy (non-hydrogen) atoms. The predicted octanol–water partition coefficient (Wildman–Crippen LogP) is 0.0600. The quantitative estimate of drug-likeness (QED) is 0.694. The summed E-state index contributed by atoms with van der Waals surface area (Å²) >= 11 is 0. The molecule has 0 fully saturated rings. The van der Waals surface area contributed by atoms with Gasteiger partial charge in [-0.2, -0.15) is 0 Å². The molecule has 0 spiro atoms. The molecule has 0 saturated heterocycles. The highest BCUT2D eigenvalue weighted by Gasteiger charge is 2.12. The lowest BCUT2D eigenvalue weighted by Crippen LogP contribution is -2.37. The first kappa shape index (κ1) is 9.73. The van der Waals surface area contributed by atoms with Crippen molar-refractivity contribution in [3.63, 3.8) is 0 Å². The number of aryl methyl sites for hydroxylation is 1. The van der Waals surface area contributed by atoms with Gasteiger partial charge in [-0.25, -0.2) is 0 Å². The summed E-state index contributed by atoms with van der Waals surface area (Å²) in [6.07, 6.45) is 0. The van der Waals surface area contributed by atoms with Crippen LogP contribution in [0.25, 0.3) is 0 Å². The van der Waals surface area contributed by atoms with Gasteiger partial charge in [0, 0.05) is 18.7 Å². The molecule has 1 aromatic heterocycles. The summed E-state index contributed by atoms with van der Waals surface area (Å²) in [5.74, 6) is 0.361. The van der Waals surface area contributed by atoms with Crippen LogP contribution in [-0.2, 0) is 0 Å². The third-order valence-electron chi connectivity index (χ3n) is 1.59. The first-order valence-electron chi connectivity index (χ1n) is 4.07. The first-order valence-corrected chi connectivity index (χ1v) is 4.07. The predicted molar refractivity (Wildman–Crippen MR) is 47.2 cm³/mol. The number of carbonyl (C=O) groups is 1. The van der Waals surface area contributed by atoms with Crippen molar-refractivity contribution in [2.45, 2.75) is 19.9 Å². The number of nitrogens with one attached hydrogen (secondary N) is 1. The van der Waals surface area contributed by atoms with E-state index in [0.29, 0.717) is 12.3 Å². The molecule has 1 rings (SSSR count). The summed E-state index contributed by atoms with van der Waals surface area (Å²) < 4.78 is 4.76. The van der Waals surface area contributed by atoms with Crippen molar-refractivity contribution in [1.82, 2.24) is 10.5 Å². The first-order chi connectivity index (χ1) is 6.13. The zero-order valence-electron chi connectivity index (χ0n) is 7.70. The van der Waals surface area contributed by atoms with E-state index in [1.54, 1.807) is 13.0 Å². The maximum absolute atomic E-state index is 11.3. The second-order valence-electron chi connectivity index (χ2n) is 2.93. The van der Waals surface area contributed by atoms with E-state index in [1.165, 1.54) is 0 Å². The Morgan fingerprint density at radius 1 is 1.85 bits per heavy atom. The van der Waals surface area contributed by atoms with E-state index >= 15 is 0 Å². The average molecular weight is 183 g/mol. The highest BCUT2D eigenvalue weighted by molar-refractivity contribution is 5.92. The van der Waals surface area contributed by atoms with Crippen molar-refractivity contribution in [2.75, 3.05) is 6.54 Å². The SMILES string of the molecule is Cc1cc(C(=O)N[C@H](C)CN)no1. The van der Waals surface area contributed by atoms with Gasteiger partial charge in [0.1, 0.15) is 5.76 Å². The third kappa shape index (κ3) is 2.55. The van der Waals surface area contributed by atoms with Gasteiger partial charge in [-0.05, 0) is 13.8 Å². The lowest BCUT2D eigenvalue weighted by atomic mass is 10.3. The lowest BCUT2D eigenvalue weighted by molar-refractivity contribution is 0.0932. The average Bonchev–Trinajstić information content (AvgIpc) is 2.51. The number of amides is 1. The third-order valence-corrected chi connectivity index (χ3v) is 1.59. The Labute approximate surface area is 76.3 Å². The molecule has 0 aliphatic carbocycles. The molecule has 0 aliphatic heterocycles. The number of nitrogens with zero attached hydrogens (tertiary/aromatic N) is 1. The van der Waals surface area contributed by atoms with Crippen LogP contribution in [-0.4, -0.2) is 23.7 Å². The van der Waals surface area contributed by atoms with Gasteiger partial charge in [-0.15, -0.1) is 0 Å². The van der Waals surface area contributed by atoms with E-state index in [1.807, 2.05) is 6.92 Å². The van der Waals surface area contributed by atoms with E-state index in [4.69, 9.17) is 10.3 Å². The Kier molecular flexibility index (Phi) is 3.02. The molecule has 5 nitrogen and oxygen atoms in total. The van der Waals surface area contributed by atoms with Crippen molar-refractivity contribution >= 4 is 5.91 Å². The molecule has 1 aromatic rings. The molecule has 0 aromatic carbocycles. The normalized spacial score (nSPS) is 12.5. The number of hydrogen-bond donors (Lipinski definition) is 2. The van der Waals surface area contributed by atoms with Crippen molar-refractivity contribution in [2.24, 2.45) is 5.73 Å². The monoisotopic (exact) mass is 183 g/mol. The maximum atomic E-state index is 11.3. The molecule has 3 N–H and O–H groups in total. The van der Waals surface area contributed by atoms with Crippen LogP contribution in [0.2, 0.25) is 0 Å². The van der Waals surface area contributed by atoms with Crippen LogP contribution in [0.3, 0.4) is 0 Å². The molecule has 1 atom stereocenters. The zero-order chi connectivity index (χ0) is 9.84. The molecule has 0 saturated carbocycles. The molecule has 0 bridgehead atoms. The minimum absolute atomic E-state index is 0.0514. The summed E-state index contributed by atoms with van der Waals surface area (Å²) in [7, 11) is 0. The van der Waals surface area contributed by atoms with Crippen LogP contribution < -0.4 is 11.1 Å². The molecule has 72 valence electrons. The summed E-state index contributed by atoms with van der Waals surface area (Å²) in [4.78, 5) is 11.3. The Morgan fingerprint density at radius 2 is 2.54 bits per heavy atom. The standard InChI is InChI=1S/C8H13N3O2/c1-5(4-9)10-8(12)7-3-6(2)13-11-7/h3,5H,4,9H2,1-2H3,(H,10,12)/t5-/m1/s1. The van der Waals surface area contributed by atoms with Gasteiger partial charge < -0.3 is 15.6 Å². The van der Waals surface area contributed by atoms with E-state index in [-0.39, 0.29) is 17.6 Å². The Hall–Kier alpha value is -1.36. The van der Waals surface area contributed by atoms with Crippen molar-refractivity contribution in [1.29, 1.82) is 0 Å². The summed E-state index contributed by atoms with van der Waals surface area (Å²) in [6.45, 7) is 3.96. The minimum Gasteiger partial charge on any atom is -0.361 e. The van der Waals surface area contributed by atoms with Gasteiger partial charge in [0.25, 0.3) is 5.91 Å². The highest BCUT2D eigenvalue weighted by Crippen LogP contribution is 2.01.